The summed E-state index contributed by atoms with van der Waals surface area (Å²) in [5.41, 5.74) is 0.947. The van der Waals surface area contributed by atoms with Crippen molar-refractivity contribution in [3.63, 3.8) is 0 Å². The lowest BCUT2D eigenvalue weighted by Crippen LogP contribution is -2.57. The summed E-state index contributed by atoms with van der Waals surface area (Å²) in [5, 5.41) is 0. The number of hydrogen-bond donors (Lipinski definition) is 0. The molecule has 0 spiro atoms. The molecule has 30 heavy (non-hydrogen) atoms. The Morgan fingerprint density at radius 2 is 1.87 bits per heavy atom. The zero-order chi connectivity index (χ0) is 20.9. The molecule has 0 radical (unpaired) electrons. The van der Waals surface area contributed by atoms with Crippen LogP contribution < -0.4 is 0 Å². The van der Waals surface area contributed by atoms with E-state index in [0.29, 0.717) is 51.5 Å². The van der Waals surface area contributed by atoms with E-state index in [2.05, 4.69) is 4.98 Å². The van der Waals surface area contributed by atoms with Gasteiger partial charge in [0, 0.05) is 57.0 Å². The molecule has 0 bridgehead atoms. The van der Waals surface area contributed by atoms with E-state index in [9.17, 15) is 14.4 Å². The minimum atomic E-state index is -0.208. The molecule has 0 N–H and O–H groups in total. The molecule has 3 aliphatic rings. The van der Waals surface area contributed by atoms with Gasteiger partial charge in [-0.25, -0.2) is 0 Å². The average molecular weight is 413 g/mol. The predicted molar refractivity (Wildman–Crippen MR) is 112 cm³/mol. The number of likely N-dealkylation sites (tertiary alicyclic amines) is 1. The van der Waals surface area contributed by atoms with E-state index < -0.39 is 0 Å². The predicted octanol–water partition coefficient (Wildman–Crippen LogP) is 1.87. The number of carbonyl (C=O) groups is 3. The Balaban J connectivity index is 1.30. The van der Waals surface area contributed by atoms with Gasteiger partial charge in [0.1, 0.15) is 0 Å². The van der Waals surface area contributed by atoms with Crippen LogP contribution in [-0.2, 0) is 20.8 Å². The second-order valence-electron chi connectivity index (χ2n) is 8.79. The molecular formula is C23H32N4O3. The summed E-state index contributed by atoms with van der Waals surface area (Å²) in [6.07, 6.45) is 9.26. The van der Waals surface area contributed by atoms with Gasteiger partial charge in [-0.1, -0.05) is 25.3 Å². The summed E-state index contributed by atoms with van der Waals surface area (Å²) < 4.78 is 0. The fourth-order valence-electron chi connectivity index (χ4n) is 5.04. The fourth-order valence-corrected chi connectivity index (χ4v) is 5.04. The maximum Gasteiger partial charge on any atom is 0.242 e. The lowest BCUT2D eigenvalue weighted by molar-refractivity contribution is -0.152. The van der Waals surface area contributed by atoms with Crippen LogP contribution in [0.3, 0.4) is 0 Å². The maximum absolute atomic E-state index is 13.1. The molecule has 2 aliphatic heterocycles. The summed E-state index contributed by atoms with van der Waals surface area (Å²) >= 11 is 0. The molecule has 162 valence electrons. The molecule has 3 amide bonds. The molecule has 1 aromatic rings. The first kappa shape index (κ1) is 20.8. The summed E-state index contributed by atoms with van der Waals surface area (Å²) in [6.45, 7) is 2.47. The van der Waals surface area contributed by atoms with Crippen molar-refractivity contribution in [2.75, 3.05) is 32.7 Å². The number of rotatable bonds is 5. The van der Waals surface area contributed by atoms with E-state index in [-0.39, 0.29) is 30.2 Å². The van der Waals surface area contributed by atoms with Crippen molar-refractivity contribution >= 4 is 17.7 Å². The number of carbonyl (C=O) groups excluding carboxylic acids is 3. The molecule has 1 saturated carbocycles. The smallest absolute Gasteiger partial charge is 0.242 e. The average Bonchev–Trinajstić information content (AvgIpc) is 2.79. The van der Waals surface area contributed by atoms with E-state index in [1.807, 2.05) is 23.1 Å². The van der Waals surface area contributed by atoms with Gasteiger partial charge in [0.15, 0.2) is 0 Å². The summed E-state index contributed by atoms with van der Waals surface area (Å²) in [7, 11) is 0. The third-order valence-corrected chi connectivity index (χ3v) is 6.80. The number of piperazine rings is 1. The molecule has 0 unspecified atom stereocenters. The molecule has 1 aliphatic carbocycles. The van der Waals surface area contributed by atoms with Gasteiger partial charge in [-0.2, -0.15) is 0 Å². The van der Waals surface area contributed by atoms with E-state index >= 15 is 0 Å². The molecule has 0 aromatic carbocycles. The molecule has 7 nitrogen and oxygen atoms in total. The highest BCUT2D eigenvalue weighted by Gasteiger charge is 2.37. The Morgan fingerprint density at radius 3 is 2.60 bits per heavy atom. The molecule has 3 heterocycles. The van der Waals surface area contributed by atoms with E-state index in [4.69, 9.17) is 0 Å². The zero-order valence-electron chi connectivity index (χ0n) is 17.7. The van der Waals surface area contributed by atoms with E-state index in [1.54, 1.807) is 16.0 Å². The molecule has 2 saturated heterocycles. The Hall–Kier alpha value is -2.44. The molecular weight excluding hydrogens is 380 g/mol. The summed E-state index contributed by atoms with van der Waals surface area (Å²) in [5.74, 6) is 0.0102. The SMILES string of the molecule is O=C1CC[C@@H](C(=O)N2CCN(C3CCCCC3)C(=O)C2)CN1CCc1ccccn1. The number of nitrogens with zero attached hydrogens (tertiary/aromatic N) is 4. The largest absolute Gasteiger partial charge is 0.342 e. The van der Waals surface area contributed by atoms with Crippen molar-refractivity contribution in [2.45, 2.75) is 57.4 Å². The van der Waals surface area contributed by atoms with Gasteiger partial charge in [-0.15, -0.1) is 0 Å². The Morgan fingerprint density at radius 1 is 1.03 bits per heavy atom. The second-order valence-corrected chi connectivity index (χ2v) is 8.79. The number of amides is 3. The Labute approximate surface area is 178 Å². The number of aromatic nitrogens is 1. The van der Waals surface area contributed by atoms with Crippen LogP contribution in [0.15, 0.2) is 24.4 Å². The van der Waals surface area contributed by atoms with Crippen LogP contribution >= 0.6 is 0 Å². The third kappa shape index (κ3) is 4.82. The second kappa shape index (κ2) is 9.58. The Bertz CT molecular complexity index is 763. The monoisotopic (exact) mass is 412 g/mol. The minimum Gasteiger partial charge on any atom is -0.342 e. The minimum absolute atomic E-state index is 0.0296. The standard InChI is InChI=1S/C23H32N4O3/c28-21-10-9-18(16-25(21)13-11-19-6-4-5-12-24-19)23(30)26-14-15-27(22(29)17-26)20-7-2-1-3-8-20/h4-6,12,18,20H,1-3,7-11,13-17H2/t18-/m1/s1. The van der Waals surface area contributed by atoms with Gasteiger partial charge in [-0.05, 0) is 31.4 Å². The molecule has 1 aromatic heterocycles. The van der Waals surface area contributed by atoms with Gasteiger partial charge in [0.05, 0.1) is 12.5 Å². The van der Waals surface area contributed by atoms with Crippen LogP contribution in [0.2, 0.25) is 0 Å². The van der Waals surface area contributed by atoms with Crippen molar-refractivity contribution in [3.05, 3.63) is 30.1 Å². The maximum atomic E-state index is 13.1. The van der Waals surface area contributed by atoms with Crippen LogP contribution in [0, 0.1) is 5.92 Å². The number of piperidine rings is 1. The first-order valence-electron chi connectivity index (χ1n) is 11.4. The van der Waals surface area contributed by atoms with Crippen LogP contribution in [0.5, 0.6) is 0 Å². The van der Waals surface area contributed by atoms with Crippen molar-refractivity contribution in [3.8, 4) is 0 Å². The van der Waals surface area contributed by atoms with Gasteiger partial charge in [0.25, 0.3) is 0 Å². The summed E-state index contributed by atoms with van der Waals surface area (Å²) in [6, 6.07) is 6.13. The highest BCUT2D eigenvalue weighted by Crippen LogP contribution is 2.25. The summed E-state index contributed by atoms with van der Waals surface area (Å²) in [4.78, 5) is 48.0. The quantitative estimate of drug-likeness (QED) is 0.740. The molecule has 3 fully saturated rings. The lowest BCUT2D eigenvalue weighted by atomic mass is 9.93. The van der Waals surface area contributed by atoms with Crippen molar-refractivity contribution in [2.24, 2.45) is 5.92 Å². The van der Waals surface area contributed by atoms with Crippen molar-refractivity contribution in [1.29, 1.82) is 0 Å². The van der Waals surface area contributed by atoms with Gasteiger partial charge in [0.2, 0.25) is 17.7 Å². The first-order valence-corrected chi connectivity index (χ1v) is 11.4. The number of pyridine rings is 1. The van der Waals surface area contributed by atoms with Gasteiger partial charge >= 0.3 is 0 Å². The third-order valence-electron chi connectivity index (χ3n) is 6.80. The van der Waals surface area contributed by atoms with Crippen LogP contribution in [0.1, 0.15) is 50.6 Å². The molecule has 7 heteroatoms. The normalized spacial score (nSPS) is 23.7. The van der Waals surface area contributed by atoms with E-state index in [1.165, 1.54) is 19.3 Å². The van der Waals surface area contributed by atoms with Gasteiger partial charge < -0.3 is 14.7 Å². The zero-order valence-corrected chi connectivity index (χ0v) is 17.7. The highest BCUT2D eigenvalue weighted by atomic mass is 16.2. The van der Waals surface area contributed by atoms with Crippen LogP contribution in [0.4, 0.5) is 0 Å². The first-order chi connectivity index (χ1) is 14.6. The Kier molecular flexibility index (Phi) is 6.65. The topological polar surface area (TPSA) is 73.8 Å². The van der Waals surface area contributed by atoms with Crippen molar-refractivity contribution < 1.29 is 14.4 Å². The van der Waals surface area contributed by atoms with Crippen molar-refractivity contribution in [1.82, 2.24) is 19.7 Å². The van der Waals surface area contributed by atoms with Crippen LogP contribution in [0.25, 0.3) is 0 Å². The fraction of sp³-hybridized carbons (Fsp3) is 0.652. The molecule has 1 atom stereocenters. The molecule has 4 rings (SSSR count). The highest BCUT2D eigenvalue weighted by molar-refractivity contribution is 5.88. The lowest BCUT2D eigenvalue weighted by Gasteiger charge is -2.42. The van der Waals surface area contributed by atoms with Crippen LogP contribution in [-0.4, -0.2) is 76.2 Å². The number of hydrogen-bond acceptors (Lipinski definition) is 4. The van der Waals surface area contributed by atoms with Gasteiger partial charge in [-0.3, -0.25) is 19.4 Å². The van der Waals surface area contributed by atoms with E-state index in [0.717, 1.165) is 18.5 Å².